The van der Waals surface area contributed by atoms with E-state index in [2.05, 4.69) is 198 Å². The number of fused-ring (bicyclic) bond motifs is 2. The van der Waals surface area contributed by atoms with Gasteiger partial charge in [-0.25, -0.2) is 0 Å². The van der Waals surface area contributed by atoms with Crippen LogP contribution in [0.2, 0.25) is 0 Å². The van der Waals surface area contributed by atoms with Crippen LogP contribution >= 0.6 is 0 Å². The summed E-state index contributed by atoms with van der Waals surface area (Å²) in [6.07, 6.45) is 21.6. The molecule has 0 unspecified atom stereocenters. The maximum absolute atomic E-state index is 4.62. The monoisotopic (exact) mass is 811 g/mol. The van der Waals surface area contributed by atoms with Gasteiger partial charge in [-0.05, 0) is 163 Å². The fraction of sp³-hybridized carbons (Fsp3) is 0.0833. The van der Waals surface area contributed by atoms with Gasteiger partial charge in [-0.2, -0.15) is 0 Å². The largest absolute Gasteiger partial charge is 0.360 e. The number of nitrogens with zero attached hydrogens (tertiary/aromatic N) is 1. The van der Waals surface area contributed by atoms with Gasteiger partial charge in [0.1, 0.15) is 0 Å². The van der Waals surface area contributed by atoms with Crippen molar-refractivity contribution in [1.82, 2.24) is 15.0 Å². The van der Waals surface area contributed by atoms with Gasteiger partial charge in [0.05, 0.1) is 17.1 Å². The number of aromatic nitrogens is 3. The molecule has 0 bridgehead atoms. The minimum absolute atomic E-state index is 0.866. The highest BCUT2D eigenvalue weighted by Crippen LogP contribution is 2.47. The van der Waals surface area contributed by atoms with Gasteiger partial charge in [-0.1, -0.05) is 153 Å². The molecule has 3 heteroatoms. The van der Waals surface area contributed by atoms with E-state index in [0.717, 1.165) is 59.6 Å². The molecule has 0 radical (unpaired) electrons. The minimum Gasteiger partial charge on any atom is -0.360 e. The Morgan fingerprint density at radius 3 is 2.06 bits per heavy atom. The van der Waals surface area contributed by atoms with Crippen LogP contribution in [0.5, 0.6) is 0 Å². The number of H-pyrrole nitrogens is 2. The lowest BCUT2D eigenvalue weighted by Gasteiger charge is -2.21. The SMILES string of the molecule is C=C(/C=C\C(=C/CCC)c1c2ccccc2c(-c2ccc(-c3ccc[nH]3)[nH]2)c2cc(-c3cccc(-c4ccccc4)c3)c(-c3cccc(C4=CCCC=C4)c3)cc12)c1ccccn1. The second kappa shape index (κ2) is 17.7. The summed E-state index contributed by atoms with van der Waals surface area (Å²) in [6, 6.07) is 57.3. The average Bonchev–Trinajstić information content (AvgIpc) is 4.08. The zero-order valence-electron chi connectivity index (χ0n) is 35.6. The van der Waals surface area contributed by atoms with E-state index in [1.165, 1.54) is 77.2 Å². The first kappa shape index (κ1) is 39.4. The quantitative estimate of drug-likeness (QED) is 0.0937. The molecule has 6 aromatic carbocycles. The van der Waals surface area contributed by atoms with E-state index >= 15 is 0 Å². The lowest BCUT2D eigenvalue weighted by molar-refractivity contribution is 0.960. The summed E-state index contributed by atoms with van der Waals surface area (Å²) in [5.74, 6) is 0. The molecule has 0 saturated heterocycles. The number of allylic oxidation sites excluding steroid dienone is 9. The van der Waals surface area contributed by atoms with Crippen molar-refractivity contribution in [2.45, 2.75) is 32.6 Å². The molecule has 0 saturated carbocycles. The molecule has 9 aromatic rings. The molecule has 304 valence electrons. The Balaban J connectivity index is 1.30. The van der Waals surface area contributed by atoms with Crippen LogP contribution < -0.4 is 0 Å². The predicted molar refractivity (Wildman–Crippen MR) is 269 cm³/mol. The molecule has 10 rings (SSSR count). The molecule has 2 N–H and O–H groups in total. The third-order valence-corrected chi connectivity index (χ3v) is 12.2. The normalized spacial score (nSPS) is 13.0. The van der Waals surface area contributed by atoms with E-state index in [-0.39, 0.29) is 0 Å². The average molecular weight is 812 g/mol. The Kier molecular flexibility index (Phi) is 11.1. The fourth-order valence-corrected chi connectivity index (χ4v) is 9.07. The van der Waals surface area contributed by atoms with Gasteiger partial charge >= 0.3 is 0 Å². The molecule has 1 aliphatic carbocycles. The van der Waals surface area contributed by atoms with Crippen molar-refractivity contribution in [3.63, 3.8) is 0 Å². The van der Waals surface area contributed by atoms with Gasteiger partial charge in [0.25, 0.3) is 0 Å². The van der Waals surface area contributed by atoms with Gasteiger partial charge in [0.15, 0.2) is 0 Å². The summed E-state index contributed by atoms with van der Waals surface area (Å²) >= 11 is 0. The number of hydrogen-bond acceptors (Lipinski definition) is 1. The molecule has 0 atom stereocenters. The van der Waals surface area contributed by atoms with E-state index in [1.54, 1.807) is 0 Å². The van der Waals surface area contributed by atoms with Crippen molar-refractivity contribution < 1.29 is 0 Å². The second-order valence-corrected chi connectivity index (χ2v) is 16.3. The molecule has 1 aliphatic rings. The Morgan fingerprint density at radius 1 is 0.603 bits per heavy atom. The van der Waals surface area contributed by atoms with Gasteiger partial charge < -0.3 is 9.97 Å². The molecular weight excluding hydrogens is 763 g/mol. The summed E-state index contributed by atoms with van der Waals surface area (Å²) in [7, 11) is 0. The zero-order valence-corrected chi connectivity index (χ0v) is 35.6. The zero-order chi connectivity index (χ0) is 42.5. The van der Waals surface area contributed by atoms with Gasteiger partial charge in [0.2, 0.25) is 0 Å². The summed E-state index contributed by atoms with van der Waals surface area (Å²) in [5, 5.41) is 4.76. The van der Waals surface area contributed by atoms with E-state index < -0.39 is 0 Å². The number of rotatable bonds is 12. The molecule has 3 nitrogen and oxygen atoms in total. The molecular formula is C60H49N3. The number of nitrogens with one attached hydrogen (secondary N) is 2. The van der Waals surface area contributed by atoms with Crippen molar-refractivity contribution >= 4 is 38.3 Å². The number of aromatic amines is 2. The van der Waals surface area contributed by atoms with E-state index in [1.807, 2.05) is 36.7 Å². The maximum atomic E-state index is 4.62. The Labute approximate surface area is 370 Å². The number of hydrogen-bond donors (Lipinski definition) is 2. The number of benzene rings is 6. The first-order valence-corrected chi connectivity index (χ1v) is 22.1. The van der Waals surface area contributed by atoms with Crippen molar-refractivity contribution in [2.75, 3.05) is 0 Å². The van der Waals surface area contributed by atoms with Gasteiger partial charge in [-0.3, -0.25) is 4.98 Å². The standard InChI is InChI=1S/C60H49N3/c1-3-4-18-44(32-31-41(2)55-29-13-14-35-61-55)59-49-27-11-12-28-50(49)60(58-34-33-57(63-58)56-30-17-36-62-56)54-40-52(48-26-16-24-46(38-48)43-21-9-6-10-22-43)51(39-53(54)59)47-25-15-23-45(37-47)42-19-7-5-8-20-42/h6-7,9-40,62-63H,2-5,8H2,1H3/b32-31-,44-18+. The van der Waals surface area contributed by atoms with Crippen LogP contribution in [0, 0.1) is 0 Å². The maximum Gasteiger partial charge on any atom is 0.0695 e. The minimum atomic E-state index is 0.866. The predicted octanol–water partition coefficient (Wildman–Crippen LogP) is 16.6. The Hall–Kier alpha value is -7.75. The second-order valence-electron chi connectivity index (χ2n) is 16.3. The van der Waals surface area contributed by atoms with E-state index in [9.17, 15) is 0 Å². The lowest BCUT2D eigenvalue weighted by Crippen LogP contribution is -1.97. The molecule has 0 spiro atoms. The molecule has 3 aromatic heterocycles. The lowest BCUT2D eigenvalue weighted by atomic mass is 9.82. The topological polar surface area (TPSA) is 44.5 Å². The third kappa shape index (κ3) is 7.98. The summed E-state index contributed by atoms with van der Waals surface area (Å²) in [6.45, 7) is 6.70. The molecule has 63 heavy (non-hydrogen) atoms. The first-order chi connectivity index (χ1) is 31.1. The molecule has 0 amide bonds. The number of pyridine rings is 1. The molecule has 0 fully saturated rings. The van der Waals surface area contributed by atoms with Crippen LogP contribution in [0.4, 0.5) is 0 Å². The number of unbranched alkanes of at least 4 members (excludes halogenated alkanes) is 1. The first-order valence-electron chi connectivity index (χ1n) is 22.1. The summed E-state index contributed by atoms with van der Waals surface area (Å²) in [4.78, 5) is 11.9. The fourth-order valence-electron chi connectivity index (χ4n) is 9.07. The highest BCUT2D eigenvalue weighted by atomic mass is 14.8. The van der Waals surface area contributed by atoms with E-state index in [0.29, 0.717) is 0 Å². The van der Waals surface area contributed by atoms with Gasteiger partial charge in [0, 0.05) is 23.7 Å². The highest BCUT2D eigenvalue weighted by Gasteiger charge is 2.22. The smallest absolute Gasteiger partial charge is 0.0695 e. The van der Waals surface area contributed by atoms with Crippen LogP contribution in [0.15, 0.2) is 213 Å². The van der Waals surface area contributed by atoms with Crippen molar-refractivity contribution in [3.8, 4) is 56.0 Å². The Morgan fingerprint density at radius 2 is 1.32 bits per heavy atom. The molecule has 0 aliphatic heterocycles. The molecule has 3 heterocycles. The Bertz CT molecular complexity index is 3230. The van der Waals surface area contributed by atoms with Crippen LogP contribution in [-0.4, -0.2) is 15.0 Å². The highest BCUT2D eigenvalue weighted by molar-refractivity contribution is 6.21. The van der Waals surface area contributed by atoms with E-state index in [4.69, 9.17) is 0 Å². The van der Waals surface area contributed by atoms with Crippen LogP contribution in [0.25, 0.3) is 94.3 Å². The van der Waals surface area contributed by atoms with Crippen LogP contribution in [0.1, 0.15) is 49.4 Å². The van der Waals surface area contributed by atoms with Crippen molar-refractivity contribution in [2.24, 2.45) is 0 Å². The van der Waals surface area contributed by atoms with Crippen LogP contribution in [-0.2, 0) is 0 Å². The summed E-state index contributed by atoms with van der Waals surface area (Å²) < 4.78 is 0. The van der Waals surface area contributed by atoms with Gasteiger partial charge in [-0.15, -0.1) is 0 Å². The van der Waals surface area contributed by atoms with Crippen molar-refractivity contribution in [1.29, 1.82) is 0 Å². The summed E-state index contributed by atoms with van der Waals surface area (Å²) in [5.41, 5.74) is 18.1. The van der Waals surface area contributed by atoms with Crippen LogP contribution in [0.3, 0.4) is 0 Å². The van der Waals surface area contributed by atoms with Crippen molar-refractivity contribution in [3.05, 3.63) is 230 Å². The third-order valence-electron chi connectivity index (χ3n) is 12.2.